The number of benzene rings is 1. The molecule has 6 nitrogen and oxygen atoms in total. The molecule has 0 radical (unpaired) electrons. The maximum absolute atomic E-state index is 11.7. The number of ether oxygens (including phenoxy) is 1. The van der Waals surface area contributed by atoms with E-state index in [-0.39, 0.29) is 18.0 Å². The summed E-state index contributed by atoms with van der Waals surface area (Å²) in [5.41, 5.74) is 0.0346. The van der Waals surface area contributed by atoms with E-state index in [0.717, 1.165) is 0 Å². The zero-order valence-corrected chi connectivity index (χ0v) is 11.5. The topological polar surface area (TPSA) is 88.5 Å². The molecule has 108 valence electrons. The molecule has 1 amide bonds. The molecule has 0 atom stereocenters. The van der Waals surface area contributed by atoms with Gasteiger partial charge in [0.1, 0.15) is 11.6 Å². The number of hydrogen-bond acceptors (Lipinski definition) is 4. The third-order valence-electron chi connectivity index (χ3n) is 2.47. The number of pyridine rings is 1. The Labute approximate surface area is 125 Å². The summed E-state index contributed by atoms with van der Waals surface area (Å²) in [7, 11) is 0. The second-order valence-corrected chi connectivity index (χ2v) is 4.41. The van der Waals surface area contributed by atoms with Crippen LogP contribution < -0.4 is 10.1 Å². The average Bonchev–Trinajstić information content (AvgIpc) is 2.46. The van der Waals surface area contributed by atoms with E-state index in [9.17, 15) is 9.59 Å². The van der Waals surface area contributed by atoms with Gasteiger partial charge in [0.05, 0.1) is 10.6 Å². The number of para-hydroxylation sites is 1. The molecular formula is C14H11ClN2O4. The van der Waals surface area contributed by atoms with Crippen molar-refractivity contribution in [1.29, 1.82) is 0 Å². The third-order valence-corrected chi connectivity index (χ3v) is 2.78. The molecule has 2 aromatic rings. The van der Waals surface area contributed by atoms with Crippen molar-refractivity contribution >= 4 is 29.3 Å². The monoisotopic (exact) mass is 306 g/mol. The number of anilines is 1. The number of carbonyl (C=O) groups excluding carboxylic acids is 1. The van der Waals surface area contributed by atoms with E-state index in [1.807, 2.05) is 0 Å². The van der Waals surface area contributed by atoms with Crippen LogP contribution >= 0.6 is 11.6 Å². The summed E-state index contributed by atoms with van der Waals surface area (Å²) in [5, 5.41) is 11.7. The van der Waals surface area contributed by atoms with Crippen LogP contribution in [0.25, 0.3) is 0 Å². The lowest BCUT2D eigenvalue weighted by molar-refractivity contribution is -0.118. The fourth-order valence-corrected chi connectivity index (χ4v) is 1.71. The SMILES string of the molecule is O=C(COc1ccccc1Cl)Nc1cc(C(=O)O)ccn1. The maximum atomic E-state index is 11.7. The quantitative estimate of drug-likeness (QED) is 0.885. The van der Waals surface area contributed by atoms with Gasteiger partial charge in [-0.1, -0.05) is 23.7 Å². The van der Waals surface area contributed by atoms with Gasteiger partial charge in [0, 0.05) is 6.20 Å². The molecule has 0 aliphatic rings. The molecule has 0 aliphatic heterocycles. The summed E-state index contributed by atoms with van der Waals surface area (Å²) >= 11 is 5.89. The van der Waals surface area contributed by atoms with Crippen molar-refractivity contribution in [2.45, 2.75) is 0 Å². The number of aromatic carboxylic acids is 1. The maximum Gasteiger partial charge on any atom is 0.335 e. The summed E-state index contributed by atoms with van der Waals surface area (Å²) in [4.78, 5) is 26.4. The number of hydrogen-bond donors (Lipinski definition) is 2. The van der Waals surface area contributed by atoms with E-state index in [2.05, 4.69) is 10.3 Å². The van der Waals surface area contributed by atoms with Crippen molar-refractivity contribution in [3.05, 3.63) is 53.2 Å². The van der Waals surface area contributed by atoms with Crippen LogP contribution in [0.3, 0.4) is 0 Å². The van der Waals surface area contributed by atoms with Gasteiger partial charge in [-0.05, 0) is 24.3 Å². The molecule has 1 aromatic heterocycles. The number of carbonyl (C=O) groups is 2. The minimum atomic E-state index is -1.10. The fourth-order valence-electron chi connectivity index (χ4n) is 1.52. The van der Waals surface area contributed by atoms with Gasteiger partial charge in [0.2, 0.25) is 0 Å². The molecule has 0 saturated carbocycles. The Bertz CT molecular complexity index is 676. The average molecular weight is 307 g/mol. The van der Waals surface area contributed by atoms with E-state index in [1.165, 1.54) is 18.3 Å². The van der Waals surface area contributed by atoms with Crippen LogP contribution in [0.1, 0.15) is 10.4 Å². The molecule has 1 aromatic carbocycles. The lowest BCUT2D eigenvalue weighted by Crippen LogP contribution is -2.21. The van der Waals surface area contributed by atoms with Crippen LogP contribution in [0.2, 0.25) is 5.02 Å². The standard InChI is InChI=1S/C14H11ClN2O4/c15-10-3-1-2-4-11(10)21-8-13(18)17-12-7-9(14(19)20)5-6-16-12/h1-7H,8H2,(H,19,20)(H,16,17,18). The van der Waals surface area contributed by atoms with E-state index in [0.29, 0.717) is 10.8 Å². The fraction of sp³-hybridized carbons (Fsp3) is 0.0714. The molecule has 0 unspecified atom stereocenters. The van der Waals surface area contributed by atoms with E-state index in [4.69, 9.17) is 21.4 Å². The molecule has 21 heavy (non-hydrogen) atoms. The van der Waals surface area contributed by atoms with Crippen LogP contribution in [0.4, 0.5) is 5.82 Å². The summed E-state index contributed by atoms with van der Waals surface area (Å²) in [5.74, 6) is -1.03. The highest BCUT2D eigenvalue weighted by atomic mass is 35.5. The zero-order valence-electron chi connectivity index (χ0n) is 10.7. The molecule has 0 saturated heterocycles. The summed E-state index contributed by atoms with van der Waals surface area (Å²) in [6, 6.07) is 9.35. The van der Waals surface area contributed by atoms with Crippen molar-refractivity contribution in [3.63, 3.8) is 0 Å². The van der Waals surface area contributed by atoms with Crippen LogP contribution in [-0.2, 0) is 4.79 Å². The predicted octanol–water partition coefficient (Wildman–Crippen LogP) is 2.45. The minimum Gasteiger partial charge on any atom is -0.482 e. The summed E-state index contributed by atoms with van der Waals surface area (Å²) < 4.78 is 5.26. The molecule has 7 heteroatoms. The van der Waals surface area contributed by atoms with Crippen LogP contribution in [0.15, 0.2) is 42.6 Å². The van der Waals surface area contributed by atoms with Crippen LogP contribution in [0, 0.1) is 0 Å². The van der Waals surface area contributed by atoms with E-state index >= 15 is 0 Å². The number of carboxylic acid groups (broad SMARTS) is 1. The Morgan fingerprint density at radius 1 is 1.29 bits per heavy atom. The van der Waals surface area contributed by atoms with Crippen LogP contribution in [0.5, 0.6) is 5.75 Å². The summed E-state index contributed by atoms with van der Waals surface area (Å²) in [6.07, 6.45) is 1.30. The normalized spacial score (nSPS) is 9.95. The molecule has 2 N–H and O–H groups in total. The Hall–Kier alpha value is -2.60. The van der Waals surface area contributed by atoms with Gasteiger partial charge in [-0.3, -0.25) is 4.79 Å². The first-order valence-corrected chi connectivity index (χ1v) is 6.30. The third kappa shape index (κ3) is 4.19. The van der Waals surface area contributed by atoms with Gasteiger partial charge in [-0.2, -0.15) is 0 Å². The van der Waals surface area contributed by atoms with Crippen molar-refractivity contribution in [3.8, 4) is 5.75 Å². The largest absolute Gasteiger partial charge is 0.482 e. The predicted molar refractivity (Wildman–Crippen MR) is 76.8 cm³/mol. The number of aromatic nitrogens is 1. The number of nitrogens with zero attached hydrogens (tertiary/aromatic N) is 1. The van der Waals surface area contributed by atoms with Crippen molar-refractivity contribution in [2.24, 2.45) is 0 Å². The molecular weight excluding hydrogens is 296 g/mol. The highest BCUT2D eigenvalue weighted by molar-refractivity contribution is 6.32. The lowest BCUT2D eigenvalue weighted by atomic mass is 10.2. The number of nitrogens with one attached hydrogen (secondary N) is 1. The second-order valence-electron chi connectivity index (χ2n) is 4.00. The molecule has 0 aliphatic carbocycles. The number of rotatable bonds is 5. The van der Waals surface area contributed by atoms with Crippen LogP contribution in [-0.4, -0.2) is 28.6 Å². The molecule has 0 fully saturated rings. The zero-order chi connectivity index (χ0) is 15.2. The van der Waals surface area contributed by atoms with E-state index in [1.54, 1.807) is 24.3 Å². The van der Waals surface area contributed by atoms with Gasteiger partial charge in [0.15, 0.2) is 6.61 Å². The lowest BCUT2D eigenvalue weighted by Gasteiger charge is -2.08. The minimum absolute atomic E-state index is 0.0346. The highest BCUT2D eigenvalue weighted by Crippen LogP contribution is 2.22. The Kier molecular flexibility index (Phi) is 4.73. The van der Waals surface area contributed by atoms with Crippen molar-refractivity contribution in [2.75, 3.05) is 11.9 Å². The Morgan fingerprint density at radius 2 is 2.05 bits per heavy atom. The first-order valence-electron chi connectivity index (χ1n) is 5.93. The van der Waals surface area contributed by atoms with Crippen molar-refractivity contribution in [1.82, 2.24) is 4.98 Å². The highest BCUT2D eigenvalue weighted by Gasteiger charge is 2.09. The van der Waals surface area contributed by atoms with Gasteiger partial charge in [-0.25, -0.2) is 9.78 Å². The van der Waals surface area contributed by atoms with Crippen molar-refractivity contribution < 1.29 is 19.4 Å². The number of amides is 1. The molecule has 0 spiro atoms. The second kappa shape index (κ2) is 6.71. The summed E-state index contributed by atoms with van der Waals surface area (Å²) in [6.45, 7) is -0.261. The van der Waals surface area contributed by atoms with Gasteiger partial charge < -0.3 is 15.2 Å². The molecule has 1 heterocycles. The number of carboxylic acids is 1. The Morgan fingerprint density at radius 3 is 2.76 bits per heavy atom. The first kappa shape index (κ1) is 14.8. The molecule has 0 bridgehead atoms. The van der Waals surface area contributed by atoms with Gasteiger partial charge in [0.25, 0.3) is 5.91 Å². The Balaban J connectivity index is 1.95. The number of halogens is 1. The smallest absolute Gasteiger partial charge is 0.335 e. The molecule has 2 rings (SSSR count). The first-order chi connectivity index (χ1) is 10.1. The van der Waals surface area contributed by atoms with E-state index < -0.39 is 11.9 Å². The van der Waals surface area contributed by atoms with Gasteiger partial charge in [-0.15, -0.1) is 0 Å². The van der Waals surface area contributed by atoms with Gasteiger partial charge >= 0.3 is 5.97 Å².